The predicted octanol–water partition coefficient (Wildman–Crippen LogP) is 1.53. The summed E-state index contributed by atoms with van der Waals surface area (Å²) in [5.74, 6) is -0.672. The number of rotatable bonds is 5. The summed E-state index contributed by atoms with van der Waals surface area (Å²) in [5.41, 5.74) is 0. The Kier molecular flexibility index (Phi) is 4.88. The van der Waals surface area contributed by atoms with Gasteiger partial charge in [0.05, 0.1) is 16.0 Å². The summed E-state index contributed by atoms with van der Waals surface area (Å²) < 4.78 is 38.6. The van der Waals surface area contributed by atoms with Crippen LogP contribution in [-0.2, 0) is 10.0 Å². The lowest BCUT2D eigenvalue weighted by atomic mass is 10.3. The van der Waals surface area contributed by atoms with Crippen molar-refractivity contribution < 1.29 is 17.9 Å². The van der Waals surface area contributed by atoms with Crippen LogP contribution in [0.25, 0.3) is 0 Å². The van der Waals surface area contributed by atoms with E-state index in [1.165, 1.54) is 0 Å². The molecule has 0 radical (unpaired) electrons. The molecule has 1 aromatic carbocycles. The van der Waals surface area contributed by atoms with Gasteiger partial charge in [0.25, 0.3) is 0 Å². The number of hydrogen-bond donors (Lipinski definition) is 2. The van der Waals surface area contributed by atoms with Gasteiger partial charge in [-0.25, -0.2) is 17.5 Å². The van der Waals surface area contributed by atoms with Gasteiger partial charge in [0, 0.05) is 6.54 Å². The number of aliphatic hydroxyl groups is 1. The lowest BCUT2D eigenvalue weighted by molar-refractivity contribution is 0.186. The number of sulfonamides is 1. The van der Waals surface area contributed by atoms with Crippen LogP contribution in [0.15, 0.2) is 23.1 Å². The lowest BCUT2D eigenvalue weighted by Crippen LogP contribution is -2.26. The van der Waals surface area contributed by atoms with Gasteiger partial charge < -0.3 is 5.11 Å². The topological polar surface area (TPSA) is 66.4 Å². The highest BCUT2D eigenvalue weighted by Gasteiger charge is 2.15. The lowest BCUT2D eigenvalue weighted by Gasteiger charge is -2.08. The molecule has 1 atom stereocenters. The van der Waals surface area contributed by atoms with Crippen molar-refractivity contribution >= 4 is 21.6 Å². The molecule has 0 saturated carbocycles. The average molecular weight is 282 g/mol. The van der Waals surface area contributed by atoms with Gasteiger partial charge in [-0.1, -0.05) is 11.6 Å². The van der Waals surface area contributed by atoms with Crippen LogP contribution in [0, 0.1) is 5.82 Å². The molecule has 0 amide bonds. The Hall–Kier alpha value is -0.690. The Labute approximate surface area is 104 Å². The molecular weight excluding hydrogens is 269 g/mol. The minimum absolute atomic E-state index is 0.102. The molecule has 0 spiro atoms. The van der Waals surface area contributed by atoms with Crippen LogP contribution in [0.2, 0.25) is 5.02 Å². The van der Waals surface area contributed by atoms with Crippen molar-refractivity contribution in [2.45, 2.75) is 24.3 Å². The average Bonchev–Trinajstić information content (AvgIpc) is 2.21. The fourth-order valence-electron chi connectivity index (χ4n) is 1.13. The first kappa shape index (κ1) is 14.4. The van der Waals surface area contributed by atoms with Crippen LogP contribution in [0.5, 0.6) is 0 Å². The van der Waals surface area contributed by atoms with E-state index < -0.39 is 21.9 Å². The van der Waals surface area contributed by atoms with Crippen LogP contribution in [0.1, 0.15) is 13.3 Å². The van der Waals surface area contributed by atoms with Crippen LogP contribution in [0.4, 0.5) is 4.39 Å². The van der Waals surface area contributed by atoms with E-state index in [-0.39, 0.29) is 16.5 Å². The number of halogens is 2. The van der Waals surface area contributed by atoms with Crippen molar-refractivity contribution in [1.82, 2.24) is 4.72 Å². The number of aliphatic hydroxyl groups excluding tert-OH is 1. The minimum atomic E-state index is -3.71. The molecule has 0 aliphatic heterocycles. The van der Waals surface area contributed by atoms with Crippen LogP contribution in [0.3, 0.4) is 0 Å². The zero-order valence-electron chi connectivity index (χ0n) is 9.15. The Morgan fingerprint density at radius 3 is 2.71 bits per heavy atom. The second kappa shape index (κ2) is 5.77. The van der Waals surface area contributed by atoms with Gasteiger partial charge in [0.1, 0.15) is 5.82 Å². The van der Waals surface area contributed by atoms with E-state index in [9.17, 15) is 12.8 Å². The third kappa shape index (κ3) is 4.23. The maximum absolute atomic E-state index is 12.9. The zero-order chi connectivity index (χ0) is 13.1. The molecule has 0 bridgehead atoms. The normalized spacial score (nSPS) is 13.6. The summed E-state index contributed by atoms with van der Waals surface area (Å²) in [7, 11) is -3.71. The second-order valence-corrected chi connectivity index (χ2v) is 5.79. The first-order chi connectivity index (χ1) is 7.83. The molecule has 1 unspecified atom stereocenters. The van der Waals surface area contributed by atoms with E-state index in [0.29, 0.717) is 6.42 Å². The molecule has 7 heteroatoms. The minimum Gasteiger partial charge on any atom is -0.393 e. The number of hydrogen-bond acceptors (Lipinski definition) is 3. The standard InChI is InChI=1S/C10H13ClFNO3S/c1-7(14)4-5-13-17(15,16)8-2-3-10(12)9(11)6-8/h2-3,6-7,13-14H,4-5H2,1H3. The molecule has 96 valence electrons. The quantitative estimate of drug-likeness (QED) is 0.860. The smallest absolute Gasteiger partial charge is 0.240 e. The molecule has 4 nitrogen and oxygen atoms in total. The highest BCUT2D eigenvalue weighted by atomic mass is 35.5. The predicted molar refractivity (Wildman–Crippen MR) is 62.9 cm³/mol. The van der Waals surface area contributed by atoms with E-state index >= 15 is 0 Å². The van der Waals surface area contributed by atoms with Gasteiger partial charge in [-0.3, -0.25) is 0 Å². The monoisotopic (exact) mass is 281 g/mol. The van der Waals surface area contributed by atoms with E-state index in [1.807, 2.05) is 0 Å². The molecule has 1 rings (SSSR count). The summed E-state index contributed by atoms with van der Waals surface area (Å²) in [4.78, 5) is -0.102. The van der Waals surface area contributed by atoms with Crippen molar-refractivity contribution in [2.24, 2.45) is 0 Å². The maximum Gasteiger partial charge on any atom is 0.240 e. The van der Waals surface area contributed by atoms with Crippen molar-refractivity contribution in [1.29, 1.82) is 0 Å². The maximum atomic E-state index is 12.9. The zero-order valence-corrected chi connectivity index (χ0v) is 10.7. The van der Waals surface area contributed by atoms with Crippen molar-refractivity contribution in [3.05, 3.63) is 29.0 Å². The summed E-state index contributed by atoms with van der Waals surface area (Å²) in [6.07, 6.45) is -0.289. The summed E-state index contributed by atoms with van der Waals surface area (Å²) in [5, 5.41) is 8.75. The Bertz CT molecular complexity index is 490. The molecule has 0 aliphatic carbocycles. The third-order valence-electron chi connectivity index (χ3n) is 2.06. The molecule has 0 saturated heterocycles. The van der Waals surface area contributed by atoms with Crippen molar-refractivity contribution in [3.8, 4) is 0 Å². The third-order valence-corrected chi connectivity index (χ3v) is 3.80. The number of benzene rings is 1. The van der Waals surface area contributed by atoms with E-state index in [2.05, 4.69) is 4.72 Å². The van der Waals surface area contributed by atoms with Crippen LogP contribution >= 0.6 is 11.6 Å². The van der Waals surface area contributed by atoms with Gasteiger partial charge in [-0.15, -0.1) is 0 Å². The van der Waals surface area contributed by atoms with Gasteiger partial charge in [0.15, 0.2) is 0 Å². The molecule has 1 aromatic rings. The summed E-state index contributed by atoms with van der Waals surface area (Å²) in [6.45, 7) is 1.66. The fraction of sp³-hybridized carbons (Fsp3) is 0.400. The first-order valence-corrected chi connectivity index (χ1v) is 6.82. The second-order valence-electron chi connectivity index (χ2n) is 3.61. The fourth-order valence-corrected chi connectivity index (χ4v) is 2.45. The van der Waals surface area contributed by atoms with E-state index in [4.69, 9.17) is 16.7 Å². The number of nitrogens with one attached hydrogen (secondary N) is 1. The highest BCUT2D eigenvalue weighted by Crippen LogP contribution is 2.19. The van der Waals surface area contributed by atoms with E-state index in [1.54, 1.807) is 6.92 Å². The molecule has 17 heavy (non-hydrogen) atoms. The Morgan fingerprint density at radius 1 is 1.53 bits per heavy atom. The van der Waals surface area contributed by atoms with Crippen molar-refractivity contribution in [3.63, 3.8) is 0 Å². The molecular formula is C10H13ClFNO3S. The SMILES string of the molecule is CC(O)CCNS(=O)(=O)c1ccc(F)c(Cl)c1. The molecule has 0 aliphatic rings. The molecule has 0 heterocycles. The molecule has 0 fully saturated rings. The Morgan fingerprint density at radius 2 is 2.18 bits per heavy atom. The highest BCUT2D eigenvalue weighted by molar-refractivity contribution is 7.89. The summed E-state index contributed by atoms with van der Waals surface area (Å²) in [6, 6.07) is 3.17. The van der Waals surface area contributed by atoms with Gasteiger partial charge in [-0.2, -0.15) is 0 Å². The molecule has 2 N–H and O–H groups in total. The van der Waals surface area contributed by atoms with Gasteiger partial charge >= 0.3 is 0 Å². The van der Waals surface area contributed by atoms with E-state index in [0.717, 1.165) is 18.2 Å². The van der Waals surface area contributed by atoms with Gasteiger partial charge in [0.2, 0.25) is 10.0 Å². The largest absolute Gasteiger partial charge is 0.393 e. The van der Waals surface area contributed by atoms with Gasteiger partial charge in [-0.05, 0) is 31.5 Å². The van der Waals surface area contributed by atoms with Crippen LogP contribution in [-0.4, -0.2) is 26.2 Å². The molecule has 0 aromatic heterocycles. The van der Waals surface area contributed by atoms with Crippen LogP contribution < -0.4 is 4.72 Å². The first-order valence-electron chi connectivity index (χ1n) is 4.95. The van der Waals surface area contributed by atoms with Crippen molar-refractivity contribution in [2.75, 3.05) is 6.54 Å². The Balaban J connectivity index is 2.79. The summed E-state index contributed by atoms with van der Waals surface area (Å²) >= 11 is 5.50.